The Morgan fingerprint density at radius 2 is 2.15 bits per heavy atom. The van der Waals surface area contributed by atoms with Gasteiger partial charge in [-0.1, -0.05) is 52.1 Å². The van der Waals surface area contributed by atoms with Crippen LogP contribution in [0.25, 0.3) is 0 Å². The summed E-state index contributed by atoms with van der Waals surface area (Å²) in [7, 11) is 1.89. The number of nitrogens with one attached hydrogen (secondary N) is 1. The molecule has 0 radical (unpaired) electrons. The fraction of sp³-hybridized carbons (Fsp3) is 0.357. The van der Waals surface area contributed by atoms with Crippen molar-refractivity contribution in [2.45, 2.75) is 19.4 Å². The molecule has 1 aromatic carbocycles. The second kappa shape index (κ2) is 6.94. The highest BCUT2D eigenvalue weighted by molar-refractivity contribution is 9.10. The third-order valence-corrected chi connectivity index (χ3v) is 4.30. The predicted octanol–water partition coefficient (Wildman–Crippen LogP) is 4.58. The molecule has 0 saturated carbocycles. The molecule has 1 aromatic heterocycles. The molecule has 1 N–H and O–H groups in total. The van der Waals surface area contributed by atoms with Crippen molar-refractivity contribution in [2.24, 2.45) is 7.05 Å². The van der Waals surface area contributed by atoms with E-state index < -0.39 is 0 Å². The first kappa shape index (κ1) is 15.8. The van der Waals surface area contributed by atoms with Gasteiger partial charge in [-0.05, 0) is 30.7 Å². The molecule has 0 bridgehead atoms. The van der Waals surface area contributed by atoms with Crippen molar-refractivity contribution in [3.63, 3.8) is 0 Å². The van der Waals surface area contributed by atoms with Crippen molar-refractivity contribution in [1.29, 1.82) is 0 Å². The van der Waals surface area contributed by atoms with E-state index in [2.05, 4.69) is 33.3 Å². The molecule has 0 saturated heterocycles. The first-order chi connectivity index (χ1) is 9.54. The maximum Gasteiger partial charge on any atom is 0.0837 e. The standard InChI is InChI=1S/C14H16BrCl2N3/c1-3-6-18-13(14-12(17)8-19-20(14)2)10-5-4-9(16)7-11(10)15/h4-5,7-8,13,18H,3,6H2,1-2H3. The van der Waals surface area contributed by atoms with E-state index in [1.54, 1.807) is 10.9 Å². The summed E-state index contributed by atoms with van der Waals surface area (Å²) in [5.74, 6) is 0. The zero-order valence-electron chi connectivity index (χ0n) is 11.3. The summed E-state index contributed by atoms with van der Waals surface area (Å²) >= 11 is 15.9. The molecule has 2 rings (SSSR count). The minimum atomic E-state index is -0.0263. The van der Waals surface area contributed by atoms with Gasteiger partial charge in [-0.15, -0.1) is 0 Å². The summed E-state index contributed by atoms with van der Waals surface area (Å²) in [5, 5.41) is 9.09. The van der Waals surface area contributed by atoms with Crippen LogP contribution in [0.1, 0.15) is 30.6 Å². The second-order valence-electron chi connectivity index (χ2n) is 4.55. The number of hydrogen-bond donors (Lipinski definition) is 1. The number of aromatic nitrogens is 2. The highest BCUT2D eigenvalue weighted by Gasteiger charge is 2.22. The Hall–Kier alpha value is -0.550. The third kappa shape index (κ3) is 3.37. The number of aryl methyl sites for hydroxylation is 1. The average molecular weight is 377 g/mol. The second-order valence-corrected chi connectivity index (χ2v) is 6.25. The van der Waals surface area contributed by atoms with Crippen molar-refractivity contribution in [3.05, 3.63) is 50.2 Å². The van der Waals surface area contributed by atoms with Crippen molar-refractivity contribution in [2.75, 3.05) is 6.54 Å². The molecule has 1 atom stereocenters. The van der Waals surface area contributed by atoms with Crippen LogP contribution >= 0.6 is 39.1 Å². The van der Waals surface area contributed by atoms with Crippen LogP contribution in [0.3, 0.4) is 0 Å². The van der Waals surface area contributed by atoms with Gasteiger partial charge in [0.15, 0.2) is 0 Å². The molecule has 20 heavy (non-hydrogen) atoms. The van der Waals surface area contributed by atoms with E-state index in [9.17, 15) is 0 Å². The van der Waals surface area contributed by atoms with E-state index in [4.69, 9.17) is 23.2 Å². The van der Waals surface area contributed by atoms with Gasteiger partial charge in [0.25, 0.3) is 0 Å². The lowest BCUT2D eigenvalue weighted by Gasteiger charge is -2.21. The molecule has 1 heterocycles. The van der Waals surface area contributed by atoms with E-state index in [0.717, 1.165) is 28.7 Å². The Balaban J connectivity index is 2.47. The Bertz CT molecular complexity index is 579. The molecule has 3 nitrogen and oxygen atoms in total. The highest BCUT2D eigenvalue weighted by Crippen LogP contribution is 2.33. The topological polar surface area (TPSA) is 29.9 Å². The van der Waals surface area contributed by atoms with Crippen molar-refractivity contribution >= 4 is 39.1 Å². The van der Waals surface area contributed by atoms with Crippen LogP contribution in [0.5, 0.6) is 0 Å². The fourth-order valence-electron chi connectivity index (χ4n) is 2.12. The molecule has 6 heteroatoms. The van der Waals surface area contributed by atoms with Crippen LogP contribution in [0, 0.1) is 0 Å². The van der Waals surface area contributed by atoms with E-state index in [1.807, 2.05) is 25.2 Å². The number of hydrogen-bond acceptors (Lipinski definition) is 2. The van der Waals surface area contributed by atoms with Gasteiger partial charge in [0.2, 0.25) is 0 Å². The van der Waals surface area contributed by atoms with E-state index >= 15 is 0 Å². The quantitative estimate of drug-likeness (QED) is 0.827. The smallest absolute Gasteiger partial charge is 0.0837 e. The first-order valence-electron chi connectivity index (χ1n) is 6.40. The summed E-state index contributed by atoms with van der Waals surface area (Å²) in [6.45, 7) is 3.02. The van der Waals surface area contributed by atoms with Crippen LogP contribution in [-0.2, 0) is 7.05 Å². The molecule has 0 aliphatic heterocycles. The monoisotopic (exact) mass is 375 g/mol. The predicted molar refractivity (Wildman–Crippen MR) is 87.5 cm³/mol. The summed E-state index contributed by atoms with van der Waals surface area (Å²) in [6, 6.07) is 5.75. The van der Waals surface area contributed by atoms with Crippen LogP contribution in [0.2, 0.25) is 10.0 Å². The zero-order chi connectivity index (χ0) is 14.7. The number of nitrogens with zero attached hydrogens (tertiary/aromatic N) is 2. The van der Waals surface area contributed by atoms with Crippen molar-refractivity contribution in [3.8, 4) is 0 Å². The lowest BCUT2D eigenvalue weighted by Crippen LogP contribution is -2.26. The van der Waals surface area contributed by atoms with Crippen LogP contribution < -0.4 is 5.32 Å². The lowest BCUT2D eigenvalue weighted by molar-refractivity contribution is 0.552. The van der Waals surface area contributed by atoms with Crippen molar-refractivity contribution < 1.29 is 0 Å². The normalized spacial score (nSPS) is 12.7. The van der Waals surface area contributed by atoms with Crippen LogP contribution in [0.4, 0.5) is 0 Å². The lowest BCUT2D eigenvalue weighted by atomic mass is 10.0. The molecule has 0 spiro atoms. The van der Waals surface area contributed by atoms with Gasteiger partial charge in [0.05, 0.1) is 23.0 Å². The van der Waals surface area contributed by atoms with Gasteiger partial charge in [-0.2, -0.15) is 5.10 Å². The van der Waals surface area contributed by atoms with Gasteiger partial charge in [0, 0.05) is 16.5 Å². The fourth-order valence-corrected chi connectivity index (χ4v) is 3.31. The zero-order valence-corrected chi connectivity index (χ0v) is 14.4. The molecule has 1 unspecified atom stereocenters. The first-order valence-corrected chi connectivity index (χ1v) is 7.95. The Morgan fingerprint density at radius 3 is 2.70 bits per heavy atom. The van der Waals surface area contributed by atoms with E-state index in [1.165, 1.54) is 0 Å². The Kier molecular flexibility index (Phi) is 5.49. The SMILES string of the molecule is CCCNC(c1ccc(Cl)cc1Br)c1c(Cl)cnn1C. The number of halogens is 3. The van der Waals surface area contributed by atoms with E-state index in [0.29, 0.717) is 10.0 Å². The molecule has 2 aromatic rings. The number of rotatable bonds is 5. The summed E-state index contributed by atoms with van der Waals surface area (Å²) in [6.07, 6.45) is 2.71. The molecule has 0 aliphatic rings. The molecular weight excluding hydrogens is 361 g/mol. The van der Waals surface area contributed by atoms with Crippen molar-refractivity contribution in [1.82, 2.24) is 15.1 Å². The highest BCUT2D eigenvalue weighted by atomic mass is 79.9. The average Bonchev–Trinajstić information content (AvgIpc) is 2.72. The largest absolute Gasteiger partial charge is 0.305 e. The van der Waals surface area contributed by atoms with E-state index in [-0.39, 0.29) is 6.04 Å². The number of benzene rings is 1. The minimum Gasteiger partial charge on any atom is -0.305 e. The van der Waals surface area contributed by atoms with Gasteiger partial charge in [0.1, 0.15) is 0 Å². The molecule has 108 valence electrons. The van der Waals surface area contributed by atoms with Gasteiger partial charge in [-0.25, -0.2) is 0 Å². The molecule has 0 aliphatic carbocycles. The van der Waals surface area contributed by atoms with Gasteiger partial charge in [-0.3, -0.25) is 4.68 Å². The van der Waals surface area contributed by atoms with Crippen LogP contribution in [-0.4, -0.2) is 16.3 Å². The molecular formula is C14H16BrCl2N3. The Labute approximate surface area is 137 Å². The van der Waals surface area contributed by atoms with Gasteiger partial charge >= 0.3 is 0 Å². The summed E-state index contributed by atoms with van der Waals surface area (Å²) in [5.41, 5.74) is 2.04. The maximum absolute atomic E-state index is 6.29. The minimum absolute atomic E-state index is 0.0263. The van der Waals surface area contributed by atoms with Gasteiger partial charge < -0.3 is 5.32 Å². The molecule has 0 fully saturated rings. The molecule has 0 amide bonds. The Morgan fingerprint density at radius 1 is 1.40 bits per heavy atom. The third-order valence-electron chi connectivity index (χ3n) is 3.08. The van der Waals surface area contributed by atoms with Crippen LogP contribution in [0.15, 0.2) is 28.9 Å². The summed E-state index contributed by atoms with van der Waals surface area (Å²) < 4.78 is 2.76. The summed E-state index contributed by atoms with van der Waals surface area (Å²) in [4.78, 5) is 0. The maximum atomic E-state index is 6.29.